The molecule has 26 heavy (non-hydrogen) atoms. The molecule has 1 amide bonds. The van der Waals surface area contributed by atoms with Crippen LogP contribution in [0.5, 0.6) is 0 Å². The van der Waals surface area contributed by atoms with Gasteiger partial charge < -0.3 is 10.2 Å². The molecule has 2 aromatic rings. The third-order valence-electron chi connectivity index (χ3n) is 4.29. The fourth-order valence-corrected chi connectivity index (χ4v) is 3.18. The van der Waals surface area contributed by atoms with Gasteiger partial charge in [0.1, 0.15) is 0 Å². The van der Waals surface area contributed by atoms with Crippen molar-refractivity contribution in [1.82, 2.24) is 9.97 Å². The zero-order valence-corrected chi connectivity index (χ0v) is 15.2. The van der Waals surface area contributed by atoms with Crippen LogP contribution >= 0.6 is 11.6 Å². The number of nitrogens with one attached hydrogen (secondary N) is 1. The molecule has 3 rings (SSSR count). The van der Waals surface area contributed by atoms with E-state index in [1.807, 2.05) is 0 Å². The maximum Gasteiger partial charge on any atom is 0.270 e. The van der Waals surface area contributed by atoms with E-state index in [1.54, 1.807) is 13.8 Å². The molecule has 1 aromatic heterocycles. The number of hydrogen-bond donors (Lipinski definition) is 1. The fourth-order valence-electron chi connectivity index (χ4n) is 2.92. The molecule has 9 heteroatoms. The van der Waals surface area contributed by atoms with Crippen molar-refractivity contribution in [3.63, 3.8) is 0 Å². The number of nitro benzene ring substituents is 1. The van der Waals surface area contributed by atoms with Crippen LogP contribution in [0.4, 0.5) is 17.3 Å². The molecule has 0 radical (unpaired) electrons. The maximum atomic E-state index is 12.5. The lowest BCUT2D eigenvalue weighted by Crippen LogP contribution is -2.22. The van der Waals surface area contributed by atoms with Gasteiger partial charge in [-0.3, -0.25) is 14.9 Å². The lowest BCUT2D eigenvalue weighted by atomic mass is 10.1. The Kier molecular flexibility index (Phi) is 5.03. The van der Waals surface area contributed by atoms with Crippen molar-refractivity contribution in [3.8, 4) is 0 Å². The Hall–Kier alpha value is -2.74. The molecule has 0 spiro atoms. The number of amides is 1. The number of anilines is 2. The summed E-state index contributed by atoms with van der Waals surface area (Å²) in [5.41, 5.74) is 1.82. The lowest BCUT2D eigenvalue weighted by molar-refractivity contribution is -0.384. The van der Waals surface area contributed by atoms with Gasteiger partial charge >= 0.3 is 0 Å². The largest absolute Gasteiger partial charge is 0.341 e. The monoisotopic (exact) mass is 375 g/mol. The molecule has 1 aliphatic heterocycles. The van der Waals surface area contributed by atoms with Crippen LogP contribution < -0.4 is 10.2 Å². The first-order valence-corrected chi connectivity index (χ1v) is 8.60. The highest BCUT2D eigenvalue weighted by Gasteiger charge is 2.20. The first-order chi connectivity index (χ1) is 12.4. The van der Waals surface area contributed by atoms with Gasteiger partial charge in [0.15, 0.2) is 0 Å². The molecule has 2 heterocycles. The van der Waals surface area contributed by atoms with Crippen LogP contribution in [0.2, 0.25) is 5.02 Å². The molecule has 1 N–H and O–H groups in total. The van der Waals surface area contributed by atoms with Crippen LogP contribution in [0.15, 0.2) is 18.2 Å². The second-order valence-electron chi connectivity index (χ2n) is 6.14. The second-order valence-corrected chi connectivity index (χ2v) is 6.55. The molecule has 1 aliphatic rings. The summed E-state index contributed by atoms with van der Waals surface area (Å²) in [4.78, 5) is 33.9. The molecule has 1 fully saturated rings. The molecule has 0 unspecified atom stereocenters. The summed E-state index contributed by atoms with van der Waals surface area (Å²) in [6.45, 7) is 5.48. The van der Waals surface area contributed by atoms with E-state index in [1.165, 1.54) is 12.1 Å². The topological polar surface area (TPSA) is 101 Å². The number of non-ortho nitro benzene ring substituents is 1. The van der Waals surface area contributed by atoms with Crippen LogP contribution in [0.3, 0.4) is 0 Å². The van der Waals surface area contributed by atoms with Crippen molar-refractivity contribution in [2.45, 2.75) is 26.7 Å². The first kappa shape index (κ1) is 18.1. The summed E-state index contributed by atoms with van der Waals surface area (Å²) in [5.74, 6) is 0.206. The molecular weight excluding hydrogens is 358 g/mol. The predicted octanol–water partition coefficient (Wildman–Crippen LogP) is 3.51. The Morgan fingerprint density at radius 2 is 1.85 bits per heavy atom. The Balaban J connectivity index is 1.84. The van der Waals surface area contributed by atoms with Crippen molar-refractivity contribution >= 4 is 34.8 Å². The molecule has 0 saturated carbocycles. The minimum Gasteiger partial charge on any atom is -0.341 e. The van der Waals surface area contributed by atoms with E-state index in [0.29, 0.717) is 23.0 Å². The smallest absolute Gasteiger partial charge is 0.270 e. The van der Waals surface area contributed by atoms with Gasteiger partial charge in [0.25, 0.3) is 11.6 Å². The van der Waals surface area contributed by atoms with E-state index in [9.17, 15) is 14.9 Å². The van der Waals surface area contributed by atoms with E-state index in [0.717, 1.165) is 32.0 Å². The highest BCUT2D eigenvalue weighted by molar-refractivity contribution is 6.34. The number of nitrogens with zero attached hydrogens (tertiary/aromatic N) is 4. The first-order valence-electron chi connectivity index (χ1n) is 8.22. The summed E-state index contributed by atoms with van der Waals surface area (Å²) in [6.07, 6.45) is 2.25. The molecule has 8 nitrogen and oxygen atoms in total. The van der Waals surface area contributed by atoms with E-state index in [4.69, 9.17) is 11.6 Å². The number of aromatic nitrogens is 2. The Bertz CT molecular complexity index is 858. The zero-order chi connectivity index (χ0) is 18.8. The molecule has 136 valence electrons. The van der Waals surface area contributed by atoms with Gasteiger partial charge in [-0.25, -0.2) is 9.97 Å². The number of aryl methyl sites for hydroxylation is 2. The number of halogens is 1. The van der Waals surface area contributed by atoms with Crippen LogP contribution in [0.25, 0.3) is 0 Å². The van der Waals surface area contributed by atoms with Crippen LogP contribution in [0, 0.1) is 24.0 Å². The third-order valence-corrected chi connectivity index (χ3v) is 4.61. The van der Waals surface area contributed by atoms with E-state index in [-0.39, 0.29) is 16.3 Å². The molecule has 0 atom stereocenters. The quantitative estimate of drug-likeness (QED) is 0.648. The second kappa shape index (κ2) is 7.25. The average Bonchev–Trinajstić information content (AvgIpc) is 3.12. The van der Waals surface area contributed by atoms with E-state index >= 15 is 0 Å². The van der Waals surface area contributed by atoms with Crippen LogP contribution in [-0.4, -0.2) is 33.9 Å². The minimum absolute atomic E-state index is 0.0154. The van der Waals surface area contributed by atoms with Crippen molar-refractivity contribution in [3.05, 3.63) is 50.3 Å². The fraction of sp³-hybridized carbons (Fsp3) is 0.353. The number of benzene rings is 1. The van der Waals surface area contributed by atoms with E-state index < -0.39 is 10.8 Å². The van der Waals surface area contributed by atoms with Crippen molar-refractivity contribution < 1.29 is 9.72 Å². The molecule has 0 bridgehead atoms. The number of carbonyl (C=O) groups excluding carboxylic acids is 1. The number of hydrogen-bond acceptors (Lipinski definition) is 6. The number of nitro groups is 1. The average molecular weight is 376 g/mol. The van der Waals surface area contributed by atoms with Crippen molar-refractivity contribution in [2.24, 2.45) is 0 Å². The molecule has 1 saturated heterocycles. The summed E-state index contributed by atoms with van der Waals surface area (Å²) in [7, 11) is 0. The Morgan fingerprint density at radius 3 is 2.38 bits per heavy atom. The molecular formula is C17H18ClN5O3. The lowest BCUT2D eigenvalue weighted by Gasteiger charge is -2.18. The third kappa shape index (κ3) is 3.60. The summed E-state index contributed by atoms with van der Waals surface area (Å²) >= 11 is 6.02. The highest BCUT2D eigenvalue weighted by atomic mass is 35.5. The van der Waals surface area contributed by atoms with Gasteiger partial charge in [-0.05, 0) is 32.8 Å². The summed E-state index contributed by atoms with van der Waals surface area (Å²) in [5, 5.41) is 13.6. The molecule has 0 aliphatic carbocycles. The molecule has 1 aromatic carbocycles. The number of rotatable bonds is 4. The van der Waals surface area contributed by atoms with Gasteiger partial charge in [0.2, 0.25) is 5.95 Å². The SMILES string of the molecule is Cc1nc(N2CCCC2)nc(C)c1NC(=O)c1ccc([N+](=O)[O-])cc1Cl. The van der Waals surface area contributed by atoms with E-state index in [2.05, 4.69) is 20.2 Å². The predicted molar refractivity (Wildman–Crippen MR) is 99.0 cm³/mol. The van der Waals surface area contributed by atoms with Gasteiger partial charge in [-0.15, -0.1) is 0 Å². The zero-order valence-electron chi connectivity index (χ0n) is 14.5. The van der Waals surface area contributed by atoms with Gasteiger partial charge in [0.05, 0.1) is 32.6 Å². The number of carbonyl (C=O) groups is 1. The van der Waals surface area contributed by atoms with Gasteiger partial charge in [-0.1, -0.05) is 11.6 Å². The minimum atomic E-state index is -0.563. The van der Waals surface area contributed by atoms with Gasteiger partial charge in [-0.2, -0.15) is 0 Å². The summed E-state index contributed by atoms with van der Waals surface area (Å²) in [6, 6.07) is 3.73. The van der Waals surface area contributed by atoms with Crippen molar-refractivity contribution in [2.75, 3.05) is 23.3 Å². The standard InChI is InChI=1S/C17H18ClN5O3/c1-10-15(11(2)20-17(19-10)22-7-3-4-8-22)21-16(24)13-6-5-12(23(25)26)9-14(13)18/h5-6,9H,3-4,7-8H2,1-2H3,(H,21,24). The Labute approximate surface area is 155 Å². The highest BCUT2D eigenvalue weighted by Crippen LogP contribution is 2.26. The maximum absolute atomic E-state index is 12.5. The van der Waals surface area contributed by atoms with Crippen molar-refractivity contribution in [1.29, 1.82) is 0 Å². The van der Waals surface area contributed by atoms with Gasteiger partial charge in [0, 0.05) is 25.2 Å². The van der Waals surface area contributed by atoms with Crippen LogP contribution in [0.1, 0.15) is 34.6 Å². The Morgan fingerprint density at radius 1 is 1.23 bits per heavy atom. The van der Waals surface area contributed by atoms with Crippen LogP contribution in [-0.2, 0) is 0 Å². The summed E-state index contributed by atoms with van der Waals surface area (Å²) < 4.78 is 0. The normalized spacial score (nSPS) is 13.7.